The molecule has 1 aliphatic heterocycles. The van der Waals surface area contributed by atoms with Crippen LogP contribution in [0.1, 0.15) is 42.5 Å². The van der Waals surface area contributed by atoms with Crippen molar-refractivity contribution in [3.63, 3.8) is 0 Å². The Morgan fingerprint density at radius 1 is 1.32 bits per heavy atom. The number of nitrogens with one attached hydrogen (secondary N) is 1. The Bertz CT molecular complexity index is 940. The number of nitrogens with zero attached hydrogens (tertiary/aromatic N) is 2. The molecule has 2 aromatic rings. The van der Waals surface area contributed by atoms with Crippen molar-refractivity contribution in [2.75, 3.05) is 7.05 Å². The number of amidine groups is 1. The van der Waals surface area contributed by atoms with Gasteiger partial charge >= 0.3 is 29.6 Å². The monoisotopic (exact) mass is 409 g/mol. The molecule has 2 unspecified atom stereocenters. The number of thioether (sulfide) groups is 1. The van der Waals surface area contributed by atoms with Crippen molar-refractivity contribution >= 4 is 45.6 Å². The molecule has 3 rings (SSSR count). The number of fused-ring (bicyclic) bond motifs is 1. The van der Waals surface area contributed by atoms with Gasteiger partial charge in [-0.15, -0.1) is 0 Å². The van der Waals surface area contributed by atoms with Crippen molar-refractivity contribution in [3.8, 4) is 0 Å². The fraction of sp³-hybridized carbons (Fsp3) is 0.368. The van der Waals surface area contributed by atoms with E-state index in [9.17, 15) is 19.5 Å². The summed E-state index contributed by atoms with van der Waals surface area (Å²) in [6, 6.07) is 7.52. The van der Waals surface area contributed by atoms with E-state index in [0.717, 1.165) is 16.5 Å². The number of carboxylic acid groups (broad SMARTS) is 1. The molecular weight excluding hydrogens is 389 g/mol. The summed E-state index contributed by atoms with van der Waals surface area (Å²) >= 11 is 1.39. The van der Waals surface area contributed by atoms with Crippen LogP contribution in [0.25, 0.3) is 10.9 Å². The SMILES string of the molecule is CN=C1NC(=O)C(C(C)c2cn(C(=O)CCCC(=O)[O-])c3ccccc23)S1.[Na+]. The van der Waals surface area contributed by atoms with Crippen molar-refractivity contribution in [1.29, 1.82) is 0 Å². The first-order valence-electron chi connectivity index (χ1n) is 8.69. The third-order valence-electron chi connectivity index (χ3n) is 4.66. The molecule has 0 radical (unpaired) electrons. The number of aliphatic imine (C=N–C) groups is 1. The second-order valence-corrected chi connectivity index (χ2v) is 7.57. The molecule has 9 heteroatoms. The third-order valence-corrected chi connectivity index (χ3v) is 6.04. The van der Waals surface area contributed by atoms with Gasteiger partial charge in [0.1, 0.15) is 0 Å². The number of carbonyl (C=O) groups excluding carboxylic acids is 3. The van der Waals surface area contributed by atoms with E-state index < -0.39 is 5.97 Å². The van der Waals surface area contributed by atoms with Gasteiger partial charge in [-0.2, -0.15) is 0 Å². The number of para-hydroxylation sites is 1. The van der Waals surface area contributed by atoms with Crippen molar-refractivity contribution in [2.24, 2.45) is 4.99 Å². The average molecular weight is 409 g/mol. The summed E-state index contributed by atoms with van der Waals surface area (Å²) in [7, 11) is 1.63. The summed E-state index contributed by atoms with van der Waals surface area (Å²) in [6.07, 6.45) is 1.97. The Balaban J connectivity index is 0.00000280. The molecule has 1 aromatic carbocycles. The number of rotatable bonds is 6. The normalized spacial score (nSPS) is 18.7. The number of benzene rings is 1. The maximum absolute atomic E-state index is 12.6. The first-order chi connectivity index (χ1) is 12.9. The van der Waals surface area contributed by atoms with E-state index in [1.165, 1.54) is 11.8 Å². The standard InChI is InChI=1S/C19H21N3O4S.Na/c1-11(17-18(26)21-19(20-2)27-17)13-10-22(14-7-4-3-6-12(13)14)15(23)8-5-9-16(24)25;/h3-4,6-7,10-11,17H,5,8-9H2,1-2H3,(H,24,25)(H,20,21,26);/q;+1/p-1. The van der Waals surface area contributed by atoms with E-state index in [2.05, 4.69) is 10.3 Å². The molecule has 1 amide bonds. The summed E-state index contributed by atoms with van der Waals surface area (Å²) in [5.41, 5.74) is 1.66. The molecule has 2 heterocycles. The largest absolute Gasteiger partial charge is 1.00 e. The summed E-state index contributed by atoms with van der Waals surface area (Å²) in [5, 5.41) is 14.5. The molecule has 1 N–H and O–H groups in total. The van der Waals surface area contributed by atoms with Crippen LogP contribution in [0.2, 0.25) is 0 Å². The van der Waals surface area contributed by atoms with Gasteiger partial charge < -0.3 is 15.2 Å². The number of carbonyl (C=O) groups is 3. The van der Waals surface area contributed by atoms with Crippen LogP contribution in [0.15, 0.2) is 35.5 Å². The molecule has 142 valence electrons. The summed E-state index contributed by atoms with van der Waals surface area (Å²) in [4.78, 5) is 39.5. The molecule has 1 saturated heterocycles. The van der Waals surface area contributed by atoms with Gasteiger partial charge in [0.2, 0.25) is 11.8 Å². The van der Waals surface area contributed by atoms with Gasteiger partial charge in [0.25, 0.3) is 0 Å². The van der Waals surface area contributed by atoms with Gasteiger partial charge in [-0.3, -0.25) is 19.1 Å². The zero-order chi connectivity index (χ0) is 19.6. The molecule has 0 aliphatic carbocycles. The second-order valence-electron chi connectivity index (χ2n) is 6.44. The van der Waals surface area contributed by atoms with Crippen LogP contribution >= 0.6 is 11.8 Å². The van der Waals surface area contributed by atoms with Crippen LogP contribution < -0.4 is 40.0 Å². The molecule has 1 aromatic heterocycles. The molecule has 7 nitrogen and oxygen atoms in total. The van der Waals surface area contributed by atoms with Crippen LogP contribution in [0.4, 0.5) is 0 Å². The molecule has 0 bridgehead atoms. The first-order valence-corrected chi connectivity index (χ1v) is 9.57. The number of hydrogen-bond acceptors (Lipinski definition) is 6. The first kappa shape index (κ1) is 22.7. The van der Waals surface area contributed by atoms with E-state index in [0.29, 0.717) is 5.17 Å². The van der Waals surface area contributed by atoms with Gasteiger partial charge in [-0.1, -0.05) is 36.9 Å². The topological polar surface area (TPSA) is 104 Å². The summed E-state index contributed by atoms with van der Waals surface area (Å²) in [6.45, 7) is 1.96. The molecule has 1 fully saturated rings. The summed E-state index contributed by atoms with van der Waals surface area (Å²) < 4.78 is 1.56. The second kappa shape index (κ2) is 9.73. The maximum Gasteiger partial charge on any atom is 1.00 e. The quantitative estimate of drug-likeness (QED) is 0.587. The molecule has 0 saturated carbocycles. The predicted octanol–water partition coefficient (Wildman–Crippen LogP) is -1.47. The van der Waals surface area contributed by atoms with Gasteiger partial charge in [-0.25, -0.2) is 0 Å². The number of amides is 1. The van der Waals surface area contributed by atoms with Gasteiger partial charge in [-0.05, 0) is 24.5 Å². The number of hydrogen-bond donors (Lipinski definition) is 1. The van der Waals surface area contributed by atoms with Crippen LogP contribution in [0.3, 0.4) is 0 Å². The average Bonchev–Trinajstić information content (AvgIpc) is 3.21. The number of carboxylic acids is 1. The van der Waals surface area contributed by atoms with E-state index in [4.69, 9.17) is 0 Å². The third kappa shape index (κ3) is 4.68. The molecule has 1 aliphatic rings. The van der Waals surface area contributed by atoms with Crippen molar-refractivity contribution < 1.29 is 49.0 Å². The zero-order valence-electron chi connectivity index (χ0n) is 16.1. The Kier molecular flexibility index (Phi) is 7.88. The fourth-order valence-corrected chi connectivity index (χ4v) is 4.28. The van der Waals surface area contributed by atoms with Crippen molar-refractivity contribution in [2.45, 2.75) is 37.4 Å². The summed E-state index contributed by atoms with van der Waals surface area (Å²) in [5.74, 6) is -1.56. The Morgan fingerprint density at radius 3 is 2.68 bits per heavy atom. The molecule has 0 spiro atoms. The minimum Gasteiger partial charge on any atom is -0.550 e. The van der Waals surface area contributed by atoms with E-state index >= 15 is 0 Å². The molecule has 2 atom stereocenters. The Morgan fingerprint density at radius 2 is 2.04 bits per heavy atom. The maximum atomic E-state index is 12.6. The Labute approximate surface area is 189 Å². The molecule has 28 heavy (non-hydrogen) atoms. The smallest absolute Gasteiger partial charge is 0.550 e. The van der Waals surface area contributed by atoms with Crippen LogP contribution in [-0.4, -0.2) is 39.8 Å². The van der Waals surface area contributed by atoms with Gasteiger partial charge in [0, 0.05) is 36.9 Å². The molecular formula is C19H20N3NaO4S. The van der Waals surface area contributed by atoms with Gasteiger partial charge in [0.05, 0.1) is 10.8 Å². The number of aromatic nitrogens is 1. The predicted molar refractivity (Wildman–Crippen MR) is 103 cm³/mol. The minimum absolute atomic E-state index is 0. The van der Waals surface area contributed by atoms with Crippen molar-refractivity contribution in [3.05, 3.63) is 36.0 Å². The van der Waals surface area contributed by atoms with E-state index in [1.54, 1.807) is 17.8 Å². The minimum atomic E-state index is -1.16. The van der Waals surface area contributed by atoms with Crippen LogP contribution in [0.5, 0.6) is 0 Å². The van der Waals surface area contributed by atoms with Crippen molar-refractivity contribution in [1.82, 2.24) is 9.88 Å². The Hall–Kier alpha value is -1.61. The van der Waals surface area contributed by atoms with Gasteiger partial charge in [0.15, 0.2) is 5.17 Å². The fourth-order valence-electron chi connectivity index (χ4n) is 3.26. The number of aliphatic carboxylic acids is 1. The van der Waals surface area contributed by atoms with E-state index in [-0.39, 0.29) is 71.8 Å². The zero-order valence-corrected chi connectivity index (χ0v) is 18.9. The van der Waals surface area contributed by atoms with Crippen LogP contribution in [-0.2, 0) is 9.59 Å². The van der Waals surface area contributed by atoms with E-state index in [1.807, 2.05) is 31.2 Å². The van der Waals surface area contributed by atoms with Crippen LogP contribution in [0, 0.1) is 0 Å².